The number of hydrogen-bond acceptors (Lipinski definition) is 7. The van der Waals surface area contributed by atoms with E-state index >= 15 is 0 Å². The molecule has 1 N–H and O–H groups in total. The predicted octanol–water partition coefficient (Wildman–Crippen LogP) is 2.90. The number of fused-ring (bicyclic) bond motifs is 1. The minimum absolute atomic E-state index is 0.121. The summed E-state index contributed by atoms with van der Waals surface area (Å²) in [5, 5.41) is 15.6. The van der Waals surface area contributed by atoms with Crippen LogP contribution in [0.15, 0.2) is 23.4 Å². The lowest BCUT2D eigenvalue weighted by Gasteiger charge is -2.06. The minimum atomic E-state index is -0.121. The molecule has 1 aromatic carbocycles. The number of aryl methyl sites for hydroxylation is 1. The highest BCUT2D eigenvalue weighted by molar-refractivity contribution is 7.99. The molecule has 0 fully saturated rings. The van der Waals surface area contributed by atoms with E-state index < -0.39 is 0 Å². The van der Waals surface area contributed by atoms with Crippen LogP contribution in [0.4, 0.5) is 5.13 Å². The van der Waals surface area contributed by atoms with Gasteiger partial charge >= 0.3 is 0 Å². The van der Waals surface area contributed by atoms with Gasteiger partial charge in [0.15, 0.2) is 5.13 Å². The van der Waals surface area contributed by atoms with Crippen molar-refractivity contribution in [1.82, 2.24) is 25.2 Å². The van der Waals surface area contributed by atoms with Gasteiger partial charge < -0.3 is 5.32 Å². The molecule has 3 aromatic rings. The topological polar surface area (TPSA) is 85.6 Å². The van der Waals surface area contributed by atoms with Gasteiger partial charge in [0.2, 0.25) is 11.1 Å². The number of benzene rings is 1. The number of carbonyl (C=O) groups is 1. The Morgan fingerprint density at radius 2 is 2.26 bits per heavy atom. The van der Waals surface area contributed by atoms with Gasteiger partial charge in [-0.1, -0.05) is 29.2 Å². The number of thioether (sulfide) groups is 1. The van der Waals surface area contributed by atoms with Gasteiger partial charge in [-0.05, 0) is 48.9 Å². The lowest BCUT2D eigenvalue weighted by molar-refractivity contribution is -0.113. The monoisotopic (exact) mass is 348 g/mol. The van der Waals surface area contributed by atoms with Crippen molar-refractivity contribution in [2.75, 3.05) is 11.1 Å². The molecule has 7 nitrogen and oxygen atoms in total. The largest absolute Gasteiger partial charge is 0.301 e. The lowest BCUT2D eigenvalue weighted by atomic mass is 10.2. The van der Waals surface area contributed by atoms with Gasteiger partial charge in [-0.25, -0.2) is 9.67 Å². The average molecular weight is 348 g/mol. The Bertz CT molecular complexity index is 841. The summed E-state index contributed by atoms with van der Waals surface area (Å²) in [6.45, 7) is 6.01. The molecule has 3 rings (SSSR count). The van der Waals surface area contributed by atoms with Crippen molar-refractivity contribution < 1.29 is 4.79 Å². The standard InChI is InChI=1S/C14H16N6OS2/c1-8(2)20-14(17-18-19-20)22-7-12(21)16-13-15-10-5-4-9(3)6-11(10)23-13/h4-6,8H,7H2,1-3H3,(H,15,16,21). The van der Waals surface area contributed by atoms with Crippen LogP contribution in [-0.2, 0) is 4.79 Å². The highest BCUT2D eigenvalue weighted by atomic mass is 32.2. The van der Waals surface area contributed by atoms with Gasteiger partial charge in [-0.15, -0.1) is 5.10 Å². The van der Waals surface area contributed by atoms with E-state index in [9.17, 15) is 4.79 Å². The SMILES string of the molecule is Cc1ccc2nc(NC(=O)CSc3nnnn3C(C)C)sc2c1. The van der Waals surface area contributed by atoms with Crippen molar-refractivity contribution in [3.8, 4) is 0 Å². The molecule has 0 saturated heterocycles. The molecule has 1 amide bonds. The van der Waals surface area contributed by atoms with E-state index in [0.717, 1.165) is 10.2 Å². The third kappa shape index (κ3) is 3.67. The quantitative estimate of drug-likeness (QED) is 0.714. The molecule has 0 aliphatic heterocycles. The molecule has 9 heteroatoms. The Morgan fingerprint density at radius 3 is 3.04 bits per heavy atom. The van der Waals surface area contributed by atoms with Gasteiger partial charge in [0.1, 0.15) is 0 Å². The van der Waals surface area contributed by atoms with E-state index in [4.69, 9.17) is 0 Å². The van der Waals surface area contributed by atoms with Crippen LogP contribution in [0.1, 0.15) is 25.5 Å². The van der Waals surface area contributed by atoms with Crippen LogP contribution in [0.3, 0.4) is 0 Å². The summed E-state index contributed by atoms with van der Waals surface area (Å²) in [4.78, 5) is 16.5. The fourth-order valence-electron chi connectivity index (χ4n) is 1.98. The minimum Gasteiger partial charge on any atom is -0.301 e. The van der Waals surface area contributed by atoms with Crippen LogP contribution in [0.5, 0.6) is 0 Å². The first kappa shape index (κ1) is 15.9. The number of amides is 1. The first-order valence-electron chi connectivity index (χ1n) is 7.10. The summed E-state index contributed by atoms with van der Waals surface area (Å²) in [5.74, 6) is 0.117. The molecule has 2 aromatic heterocycles. The highest BCUT2D eigenvalue weighted by Crippen LogP contribution is 2.27. The normalized spacial score (nSPS) is 11.3. The molecule has 0 spiro atoms. The number of nitrogens with one attached hydrogen (secondary N) is 1. The van der Waals surface area contributed by atoms with E-state index in [1.165, 1.54) is 28.7 Å². The highest BCUT2D eigenvalue weighted by Gasteiger charge is 2.13. The first-order valence-corrected chi connectivity index (χ1v) is 8.91. The predicted molar refractivity (Wildman–Crippen MR) is 91.9 cm³/mol. The third-order valence-corrected chi connectivity index (χ3v) is 4.94. The fourth-order valence-corrected chi connectivity index (χ4v) is 3.76. The maximum absolute atomic E-state index is 12.1. The lowest BCUT2D eigenvalue weighted by Crippen LogP contribution is -2.14. The Labute approximate surface area is 141 Å². The number of hydrogen-bond donors (Lipinski definition) is 1. The maximum atomic E-state index is 12.1. The van der Waals surface area contributed by atoms with Gasteiger partial charge in [0, 0.05) is 0 Å². The summed E-state index contributed by atoms with van der Waals surface area (Å²) in [6.07, 6.45) is 0. The first-order chi connectivity index (χ1) is 11.0. The van der Waals surface area contributed by atoms with E-state index in [1.54, 1.807) is 4.68 Å². The fraction of sp³-hybridized carbons (Fsp3) is 0.357. The van der Waals surface area contributed by atoms with Crippen molar-refractivity contribution in [2.45, 2.75) is 32.0 Å². The molecule has 2 heterocycles. The van der Waals surface area contributed by atoms with Crippen LogP contribution >= 0.6 is 23.1 Å². The Balaban J connectivity index is 1.63. The second kappa shape index (κ2) is 6.63. The summed E-state index contributed by atoms with van der Waals surface area (Å²) < 4.78 is 2.76. The number of rotatable bonds is 5. The number of nitrogens with zero attached hydrogens (tertiary/aromatic N) is 5. The molecule has 0 aliphatic rings. The van der Waals surface area contributed by atoms with E-state index in [2.05, 4.69) is 31.9 Å². The molecule has 0 bridgehead atoms. The van der Waals surface area contributed by atoms with E-state index in [1.807, 2.05) is 32.9 Å². The maximum Gasteiger partial charge on any atom is 0.236 e. The molecule has 0 atom stereocenters. The number of thiazole rings is 1. The molecular formula is C14H16N6OS2. The molecule has 0 aliphatic carbocycles. The third-order valence-electron chi connectivity index (χ3n) is 3.07. The van der Waals surface area contributed by atoms with Crippen LogP contribution < -0.4 is 5.32 Å². The zero-order chi connectivity index (χ0) is 16.4. The van der Waals surface area contributed by atoms with Gasteiger partial charge in [-0.3, -0.25) is 4.79 Å². The summed E-state index contributed by atoms with van der Waals surface area (Å²) in [7, 11) is 0. The van der Waals surface area contributed by atoms with E-state index in [0.29, 0.717) is 10.3 Å². The zero-order valence-electron chi connectivity index (χ0n) is 13.0. The molecule has 120 valence electrons. The zero-order valence-corrected chi connectivity index (χ0v) is 14.6. The number of tetrazole rings is 1. The smallest absolute Gasteiger partial charge is 0.236 e. The number of anilines is 1. The van der Waals surface area contributed by atoms with Crippen molar-refractivity contribution in [1.29, 1.82) is 0 Å². The van der Waals surface area contributed by atoms with Crippen molar-refractivity contribution >= 4 is 44.4 Å². The number of carbonyl (C=O) groups excluding carboxylic acids is 1. The molecule has 0 radical (unpaired) electrons. The van der Waals surface area contributed by atoms with Crippen LogP contribution in [-0.4, -0.2) is 36.9 Å². The molecule has 0 unspecified atom stereocenters. The molecule has 0 saturated carbocycles. The Hall–Kier alpha value is -2.00. The van der Waals surface area contributed by atoms with Crippen molar-refractivity contribution in [3.05, 3.63) is 23.8 Å². The van der Waals surface area contributed by atoms with Crippen molar-refractivity contribution in [2.24, 2.45) is 0 Å². The average Bonchev–Trinajstić information content (AvgIpc) is 3.10. The van der Waals surface area contributed by atoms with Gasteiger partial charge in [0.05, 0.1) is 22.0 Å². The molecular weight excluding hydrogens is 332 g/mol. The van der Waals surface area contributed by atoms with Gasteiger partial charge in [-0.2, -0.15) is 0 Å². The summed E-state index contributed by atoms with van der Waals surface area (Å²) in [5.41, 5.74) is 2.07. The van der Waals surface area contributed by atoms with Crippen LogP contribution in [0.25, 0.3) is 10.2 Å². The Morgan fingerprint density at radius 1 is 1.43 bits per heavy atom. The molecule has 23 heavy (non-hydrogen) atoms. The summed E-state index contributed by atoms with van der Waals surface area (Å²) >= 11 is 2.78. The summed E-state index contributed by atoms with van der Waals surface area (Å²) in [6, 6.07) is 6.19. The number of aromatic nitrogens is 5. The van der Waals surface area contributed by atoms with Gasteiger partial charge in [0.25, 0.3) is 0 Å². The van der Waals surface area contributed by atoms with Crippen molar-refractivity contribution in [3.63, 3.8) is 0 Å². The second-order valence-electron chi connectivity index (χ2n) is 5.33. The second-order valence-corrected chi connectivity index (χ2v) is 7.30. The Kier molecular flexibility index (Phi) is 4.58. The van der Waals surface area contributed by atoms with Crippen LogP contribution in [0, 0.1) is 6.92 Å². The van der Waals surface area contributed by atoms with E-state index in [-0.39, 0.29) is 17.7 Å². The van der Waals surface area contributed by atoms with Crippen LogP contribution in [0.2, 0.25) is 0 Å².